The van der Waals surface area contributed by atoms with E-state index in [2.05, 4.69) is 59.9 Å². The minimum Gasteiger partial charge on any atom is -0.356 e. The molecule has 0 radical (unpaired) electrons. The SMILES string of the molecule is CCC(C)NC(=O)CCNC(=NC)NCCc1cc(C)cc(C)c1. The number of guanidine groups is 1. The van der Waals surface area contributed by atoms with Gasteiger partial charge in [-0.3, -0.25) is 9.79 Å². The van der Waals surface area contributed by atoms with Gasteiger partial charge in [-0.05, 0) is 39.2 Å². The molecule has 3 N–H and O–H groups in total. The van der Waals surface area contributed by atoms with Crippen molar-refractivity contribution in [2.24, 2.45) is 4.99 Å². The predicted octanol–water partition coefficient (Wildman–Crippen LogP) is 2.32. The molecule has 1 atom stereocenters. The van der Waals surface area contributed by atoms with Gasteiger partial charge in [-0.2, -0.15) is 0 Å². The van der Waals surface area contributed by atoms with Crippen LogP contribution < -0.4 is 16.0 Å². The Morgan fingerprint density at radius 1 is 1.12 bits per heavy atom. The number of hydrogen-bond donors (Lipinski definition) is 3. The van der Waals surface area contributed by atoms with Crippen LogP contribution in [0.25, 0.3) is 0 Å². The quantitative estimate of drug-likeness (QED) is 0.506. The minimum absolute atomic E-state index is 0.0718. The largest absolute Gasteiger partial charge is 0.356 e. The zero-order valence-corrected chi connectivity index (χ0v) is 15.7. The fourth-order valence-electron chi connectivity index (χ4n) is 2.50. The molecule has 1 amide bonds. The summed E-state index contributed by atoms with van der Waals surface area (Å²) in [4.78, 5) is 15.9. The summed E-state index contributed by atoms with van der Waals surface area (Å²) in [7, 11) is 1.74. The lowest BCUT2D eigenvalue weighted by atomic mass is 10.1. The van der Waals surface area contributed by atoms with Gasteiger partial charge in [-0.25, -0.2) is 0 Å². The Morgan fingerprint density at radius 3 is 2.33 bits per heavy atom. The Labute approximate surface area is 146 Å². The number of hydrogen-bond acceptors (Lipinski definition) is 2. The van der Waals surface area contributed by atoms with Crippen LogP contribution in [0.5, 0.6) is 0 Å². The summed E-state index contributed by atoms with van der Waals surface area (Å²) >= 11 is 0. The lowest BCUT2D eigenvalue weighted by molar-refractivity contribution is -0.121. The van der Waals surface area contributed by atoms with Crippen molar-refractivity contribution in [3.63, 3.8) is 0 Å². The number of benzene rings is 1. The number of aryl methyl sites for hydroxylation is 2. The van der Waals surface area contributed by atoms with Gasteiger partial charge in [-0.1, -0.05) is 36.2 Å². The van der Waals surface area contributed by atoms with Crippen molar-refractivity contribution in [3.05, 3.63) is 34.9 Å². The van der Waals surface area contributed by atoms with Crippen LogP contribution >= 0.6 is 0 Å². The Morgan fingerprint density at radius 2 is 1.75 bits per heavy atom. The highest BCUT2D eigenvalue weighted by Gasteiger charge is 2.05. The molecule has 1 aromatic rings. The number of amides is 1. The predicted molar refractivity (Wildman–Crippen MR) is 101 cm³/mol. The Bertz CT molecular complexity index is 534. The minimum atomic E-state index is 0.0718. The average molecular weight is 332 g/mol. The first-order valence-corrected chi connectivity index (χ1v) is 8.75. The maximum atomic E-state index is 11.7. The monoisotopic (exact) mass is 332 g/mol. The molecule has 0 aromatic heterocycles. The molecule has 0 fully saturated rings. The van der Waals surface area contributed by atoms with Crippen molar-refractivity contribution < 1.29 is 4.79 Å². The maximum absolute atomic E-state index is 11.7. The third-order valence-electron chi connectivity index (χ3n) is 3.88. The molecule has 0 aliphatic rings. The number of carbonyl (C=O) groups excluding carboxylic acids is 1. The highest BCUT2D eigenvalue weighted by molar-refractivity contribution is 5.81. The molecular weight excluding hydrogens is 300 g/mol. The van der Waals surface area contributed by atoms with Gasteiger partial charge in [0.05, 0.1) is 0 Å². The van der Waals surface area contributed by atoms with E-state index in [1.54, 1.807) is 7.05 Å². The molecule has 134 valence electrons. The highest BCUT2D eigenvalue weighted by atomic mass is 16.1. The lowest BCUT2D eigenvalue weighted by Crippen LogP contribution is -2.41. The second kappa shape index (κ2) is 10.7. The van der Waals surface area contributed by atoms with Gasteiger partial charge in [0.15, 0.2) is 5.96 Å². The zero-order valence-electron chi connectivity index (χ0n) is 15.7. The van der Waals surface area contributed by atoms with Crippen molar-refractivity contribution >= 4 is 11.9 Å². The molecule has 1 aromatic carbocycles. The molecule has 0 heterocycles. The van der Waals surface area contributed by atoms with E-state index in [9.17, 15) is 4.79 Å². The first-order chi connectivity index (χ1) is 11.4. The van der Waals surface area contributed by atoms with E-state index in [0.29, 0.717) is 13.0 Å². The molecule has 0 bridgehead atoms. The van der Waals surface area contributed by atoms with Gasteiger partial charge in [0.25, 0.3) is 0 Å². The Kier molecular flexibility index (Phi) is 8.90. The molecule has 0 aliphatic heterocycles. The van der Waals surface area contributed by atoms with E-state index in [1.165, 1.54) is 16.7 Å². The van der Waals surface area contributed by atoms with Crippen LogP contribution in [0.3, 0.4) is 0 Å². The van der Waals surface area contributed by atoms with Crippen LogP contribution in [-0.4, -0.2) is 38.0 Å². The van der Waals surface area contributed by atoms with Crippen LogP contribution in [0.1, 0.15) is 43.4 Å². The fraction of sp³-hybridized carbons (Fsp3) is 0.579. The van der Waals surface area contributed by atoms with Crippen LogP contribution in [0, 0.1) is 13.8 Å². The van der Waals surface area contributed by atoms with Crippen LogP contribution in [0.2, 0.25) is 0 Å². The van der Waals surface area contributed by atoms with Crippen molar-refractivity contribution in [1.82, 2.24) is 16.0 Å². The highest BCUT2D eigenvalue weighted by Crippen LogP contribution is 2.08. The van der Waals surface area contributed by atoms with Gasteiger partial charge >= 0.3 is 0 Å². The summed E-state index contributed by atoms with van der Waals surface area (Å²) in [5.41, 5.74) is 3.91. The summed E-state index contributed by atoms with van der Waals surface area (Å²) in [6.07, 6.45) is 2.33. The summed E-state index contributed by atoms with van der Waals surface area (Å²) in [5.74, 6) is 0.804. The van der Waals surface area contributed by atoms with E-state index in [0.717, 1.165) is 25.3 Å². The van der Waals surface area contributed by atoms with Crippen LogP contribution in [-0.2, 0) is 11.2 Å². The smallest absolute Gasteiger partial charge is 0.221 e. The third kappa shape index (κ3) is 7.99. The van der Waals surface area contributed by atoms with E-state index >= 15 is 0 Å². The number of nitrogens with zero attached hydrogens (tertiary/aromatic N) is 1. The molecule has 0 aliphatic carbocycles. The van der Waals surface area contributed by atoms with Crippen LogP contribution in [0.15, 0.2) is 23.2 Å². The normalized spacial score (nSPS) is 12.6. The van der Waals surface area contributed by atoms with Crippen molar-refractivity contribution in [3.8, 4) is 0 Å². The summed E-state index contributed by atoms with van der Waals surface area (Å²) in [6, 6.07) is 6.84. The number of aliphatic imine (C=N–C) groups is 1. The molecule has 24 heavy (non-hydrogen) atoms. The number of rotatable bonds is 8. The van der Waals surface area contributed by atoms with Gasteiger partial charge in [0.2, 0.25) is 5.91 Å². The van der Waals surface area contributed by atoms with Gasteiger partial charge in [-0.15, -0.1) is 0 Å². The summed E-state index contributed by atoms with van der Waals surface area (Å²) in [6.45, 7) is 9.69. The molecule has 0 saturated carbocycles. The number of carbonyl (C=O) groups is 1. The topological polar surface area (TPSA) is 65.5 Å². The van der Waals surface area contributed by atoms with Gasteiger partial charge in [0.1, 0.15) is 0 Å². The van der Waals surface area contributed by atoms with E-state index in [1.807, 2.05) is 6.92 Å². The molecule has 5 heteroatoms. The van der Waals surface area contributed by atoms with Gasteiger partial charge < -0.3 is 16.0 Å². The molecular formula is C19H32N4O. The molecule has 0 spiro atoms. The molecule has 1 unspecified atom stereocenters. The average Bonchev–Trinajstić information content (AvgIpc) is 2.52. The molecule has 1 rings (SSSR count). The zero-order chi connectivity index (χ0) is 17.9. The summed E-state index contributed by atoms with van der Waals surface area (Å²) < 4.78 is 0. The van der Waals surface area contributed by atoms with Gasteiger partial charge in [0, 0.05) is 32.6 Å². The third-order valence-corrected chi connectivity index (χ3v) is 3.88. The first-order valence-electron chi connectivity index (χ1n) is 8.75. The second-order valence-electron chi connectivity index (χ2n) is 6.30. The molecule has 5 nitrogen and oxygen atoms in total. The molecule has 0 saturated heterocycles. The van der Waals surface area contributed by atoms with Crippen molar-refractivity contribution in [2.75, 3.05) is 20.1 Å². The van der Waals surface area contributed by atoms with Crippen LogP contribution in [0.4, 0.5) is 0 Å². The first kappa shape index (κ1) is 20.0. The van der Waals surface area contributed by atoms with Crippen molar-refractivity contribution in [1.29, 1.82) is 0 Å². The lowest BCUT2D eigenvalue weighted by Gasteiger charge is -2.14. The second-order valence-corrected chi connectivity index (χ2v) is 6.30. The van der Waals surface area contributed by atoms with E-state index < -0.39 is 0 Å². The standard InChI is InChI=1S/C19H32N4O/c1-6-16(4)23-18(24)8-10-22-19(20-5)21-9-7-17-12-14(2)11-15(3)13-17/h11-13,16H,6-10H2,1-5H3,(H,23,24)(H2,20,21,22). The fourth-order valence-corrected chi connectivity index (χ4v) is 2.50. The number of nitrogens with one attached hydrogen (secondary N) is 3. The van der Waals surface area contributed by atoms with E-state index in [4.69, 9.17) is 0 Å². The Balaban J connectivity index is 2.29. The van der Waals surface area contributed by atoms with Crippen molar-refractivity contribution in [2.45, 2.75) is 53.0 Å². The summed E-state index contributed by atoms with van der Waals surface area (Å²) in [5, 5.41) is 9.43. The maximum Gasteiger partial charge on any atom is 0.221 e. The Hall–Kier alpha value is -2.04. The van der Waals surface area contributed by atoms with E-state index in [-0.39, 0.29) is 11.9 Å².